The smallest absolute Gasteiger partial charge is 0.228 e. The highest BCUT2D eigenvalue weighted by molar-refractivity contribution is 5.80. The molecule has 2 fully saturated rings. The first kappa shape index (κ1) is 13.3. The molecule has 0 aromatic carbocycles. The number of nitrogens with one attached hydrogen (secondary N) is 2. The lowest BCUT2D eigenvalue weighted by Gasteiger charge is -2.37. The van der Waals surface area contributed by atoms with E-state index in [1.807, 2.05) is 11.8 Å². The Morgan fingerprint density at radius 3 is 2.78 bits per heavy atom. The SMILES string of the molecule is CCCC(=O)NC1CCCN(C(=O)C2CNC2)C1. The quantitative estimate of drug-likeness (QED) is 0.748. The first-order valence-corrected chi connectivity index (χ1v) is 6.99. The molecule has 5 nitrogen and oxygen atoms in total. The Bertz CT molecular complexity index is 315. The van der Waals surface area contributed by atoms with Crippen molar-refractivity contribution >= 4 is 11.8 Å². The molecular formula is C13H23N3O2. The molecule has 2 aliphatic heterocycles. The van der Waals surface area contributed by atoms with Gasteiger partial charge in [0, 0.05) is 38.6 Å². The fraction of sp³-hybridized carbons (Fsp3) is 0.846. The van der Waals surface area contributed by atoms with Crippen LogP contribution in [0, 0.1) is 5.92 Å². The molecule has 0 aromatic heterocycles. The van der Waals surface area contributed by atoms with Crippen LogP contribution < -0.4 is 10.6 Å². The van der Waals surface area contributed by atoms with Gasteiger partial charge in [0.1, 0.15) is 0 Å². The van der Waals surface area contributed by atoms with Gasteiger partial charge in [0.2, 0.25) is 11.8 Å². The lowest BCUT2D eigenvalue weighted by atomic mass is 9.98. The van der Waals surface area contributed by atoms with Crippen molar-refractivity contribution in [2.45, 2.75) is 38.6 Å². The lowest BCUT2D eigenvalue weighted by molar-refractivity contribution is -0.139. The zero-order chi connectivity index (χ0) is 13.0. The summed E-state index contributed by atoms with van der Waals surface area (Å²) in [5.41, 5.74) is 0. The molecule has 5 heteroatoms. The van der Waals surface area contributed by atoms with Crippen LogP contribution >= 0.6 is 0 Å². The Labute approximate surface area is 108 Å². The monoisotopic (exact) mass is 253 g/mol. The number of likely N-dealkylation sites (tertiary alicyclic amines) is 1. The molecule has 2 rings (SSSR count). The normalized spacial score (nSPS) is 24.5. The molecule has 2 amide bonds. The van der Waals surface area contributed by atoms with Crippen molar-refractivity contribution in [3.63, 3.8) is 0 Å². The molecule has 0 spiro atoms. The van der Waals surface area contributed by atoms with E-state index in [4.69, 9.17) is 0 Å². The van der Waals surface area contributed by atoms with Gasteiger partial charge in [0.15, 0.2) is 0 Å². The summed E-state index contributed by atoms with van der Waals surface area (Å²) in [4.78, 5) is 25.6. The van der Waals surface area contributed by atoms with E-state index in [1.165, 1.54) is 0 Å². The van der Waals surface area contributed by atoms with Gasteiger partial charge in [-0.1, -0.05) is 6.92 Å². The summed E-state index contributed by atoms with van der Waals surface area (Å²) in [6.07, 6.45) is 3.43. The molecule has 18 heavy (non-hydrogen) atoms. The van der Waals surface area contributed by atoms with Gasteiger partial charge in [0.25, 0.3) is 0 Å². The zero-order valence-electron chi connectivity index (χ0n) is 11.1. The van der Waals surface area contributed by atoms with Crippen molar-refractivity contribution in [3.05, 3.63) is 0 Å². The Morgan fingerprint density at radius 2 is 2.17 bits per heavy atom. The molecule has 2 N–H and O–H groups in total. The maximum Gasteiger partial charge on any atom is 0.228 e. The predicted octanol–water partition coefficient (Wildman–Crippen LogP) is 0.113. The molecule has 0 aromatic rings. The minimum Gasteiger partial charge on any atom is -0.352 e. The van der Waals surface area contributed by atoms with E-state index in [9.17, 15) is 9.59 Å². The number of nitrogens with zero attached hydrogens (tertiary/aromatic N) is 1. The molecule has 2 heterocycles. The topological polar surface area (TPSA) is 61.4 Å². The summed E-state index contributed by atoms with van der Waals surface area (Å²) < 4.78 is 0. The Morgan fingerprint density at radius 1 is 1.39 bits per heavy atom. The molecule has 2 saturated heterocycles. The van der Waals surface area contributed by atoms with E-state index in [0.29, 0.717) is 13.0 Å². The summed E-state index contributed by atoms with van der Waals surface area (Å²) in [6.45, 7) is 5.14. The van der Waals surface area contributed by atoms with Gasteiger partial charge < -0.3 is 15.5 Å². The van der Waals surface area contributed by atoms with Crippen molar-refractivity contribution in [2.24, 2.45) is 5.92 Å². The Kier molecular flexibility index (Phi) is 4.58. The largest absolute Gasteiger partial charge is 0.352 e. The third-order valence-electron chi connectivity index (χ3n) is 3.71. The van der Waals surface area contributed by atoms with E-state index in [1.54, 1.807) is 0 Å². The number of hydrogen-bond acceptors (Lipinski definition) is 3. The second-order valence-electron chi connectivity index (χ2n) is 5.30. The summed E-state index contributed by atoms with van der Waals surface area (Å²) in [5, 5.41) is 6.16. The molecule has 0 aliphatic carbocycles. The van der Waals surface area contributed by atoms with Crippen LogP contribution in [0.3, 0.4) is 0 Å². The van der Waals surface area contributed by atoms with Crippen molar-refractivity contribution in [2.75, 3.05) is 26.2 Å². The van der Waals surface area contributed by atoms with Crippen LogP contribution in [0.15, 0.2) is 0 Å². The van der Waals surface area contributed by atoms with Crippen molar-refractivity contribution in [1.29, 1.82) is 0 Å². The van der Waals surface area contributed by atoms with Crippen LogP contribution in [0.2, 0.25) is 0 Å². The van der Waals surface area contributed by atoms with Gasteiger partial charge in [-0.2, -0.15) is 0 Å². The van der Waals surface area contributed by atoms with Gasteiger partial charge in [-0.05, 0) is 19.3 Å². The Balaban J connectivity index is 1.80. The van der Waals surface area contributed by atoms with Gasteiger partial charge in [-0.15, -0.1) is 0 Å². The van der Waals surface area contributed by atoms with E-state index in [-0.39, 0.29) is 23.8 Å². The third kappa shape index (κ3) is 3.22. The fourth-order valence-corrected chi connectivity index (χ4v) is 2.54. The highest BCUT2D eigenvalue weighted by atomic mass is 16.2. The molecule has 0 radical (unpaired) electrons. The van der Waals surface area contributed by atoms with Crippen LogP contribution in [-0.2, 0) is 9.59 Å². The summed E-state index contributed by atoms with van der Waals surface area (Å²) in [7, 11) is 0. The highest BCUT2D eigenvalue weighted by Gasteiger charge is 2.32. The molecule has 0 saturated carbocycles. The van der Waals surface area contributed by atoms with Gasteiger partial charge in [0.05, 0.1) is 5.92 Å². The Hall–Kier alpha value is -1.10. The van der Waals surface area contributed by atoms with Crippen molar-refractivity contribution < 1.29 is 9.59 Å². The first-order valence-electron chi connectivity index (χ1n) is 6.99. The van der Waals surface area contributed by atoms with Gasteiger partial charge in [-0.3, -0.25) is 9.59 Å². The maximum atomic E-state index is 12.1. The highest BCUT2D eigenvalue weighted by Crippen LogP contribution is 2.15. The predicted molar refractivity (Wildman–Crippen MR) is 69.0 cm³/mol. The standard InChI is InChI=1S/C13H23N3O2/c1-2-4-12(17)15-11-5-3-6-16(9-11)13(18)10-7-14-8-10/h10-11,14H,2-9H2,1H3,(H,15,17). The van der Waals surface area contributed by atoms with Crippen molar-refractivity contribution in [1.82, 2.24) is 15.5 Å². The molecule has 102 valence electrons. The lowest BCUT2D eigenvalue weighted by Crippen LogP contribution is -2.56. The van der Waals surface area contributed by atoms with Gasteiger partial charge >= 0.3 is 0 Å². The van der Waals surface area contributed by atoms with Crippen molar-refractivity contribution in [3.8, 4) is 0 Å². The number of rotatable bonds is 4. The maximum absolute atomic E-state index is 12.1. The van der Waals surface area contributed by atoms with Gasteiger partial charge in [-0.25, -0.2) is 0 Å². The zero-order valence-corrected chi connectivity index (χ0v) is 11.1. The number of amides is 2. The molecule has 2 aliphatic rings. The second-order valence-corrected chi connectivity index (χ2v) is 5.30. The van der Waals surface area contributed by atoms with E-state index >= 15 is 0 Å². The fourth-order valence-electron chi connectivity index (χ4n) is 2.54. The van der Waals surface area contributed by atoms with E-state index in [0.717, 1.165) is 38.9 Å². The average Bonchev–Trinajstić information content (AvgIpc) is 2.27. The number of piperidine rings is 1. The number of carbonyl (C=O) groups excluding carboxylic acids is 2. The van der Waals surface area contributed by atoms with E-state index < -0.39 is 0 Å². The third-order valence-corrected chi connectivity index (χ3v) is 3.71. The van der Waals surface area contributed by atoms with Crippen LogP contribution in [0.5, 0.6) is 0 Å². The second kappa shape index (κ2) is 6.18. The van der Waals surface area contributed by atoms with Crippen LogP contribution in [0.25, 0.3) is 0 Å². The molecule has 1 atom stereocenters. The molecule has 1 unspecified atom stereocenters. The number of hydrogen-bond donors (Lipinski definition) is 2. The minimum absolute atomic E-state index is 0.113. The first-order chi connectivity index (χ1) is 8.70. The van der Waals surface area contributed by atoms with Crippen LogP contribution in [0.1, 0.15) is 32.6 Å². The average molecular weight is 253 g/mol. The summed E-state index contributed by atoms with van der Waals surface area (Å²) in [5.74, 6) is 0.528. The van der Waals surface area contributed by atoms with Crippen LogP contribution in [-0.4, -0.2) is 48.9 Å². The summed E-state index contributed by atoms with van der Waals surface area (Å²) >= 11 is 0. The van der Waals surface area contributed by atoms with E-state index in [2.05, 4.69) is 10.6 Å². The molecule has 0 bridgehead atoms. The molecular weight excluding hydrogens is 230 g/mol. The number of carbonyl (C=O) groups is 2. The van der Waals surface area contributed by atoms with Crippen LogP contribution in [0.4, 0.5) is 0 Å². The minimum atomic E-state index is 0.113. The summed E-state index contributed by atoms with van der Waals surface area (Å²) in [6, 6.07) is 0.148.